The first-order chi connectivity index (χ1) is 22.2. The third-order valence-electron chi connectivity index (χ3n) is 7.26. The highest BCUT2D eigenvalue weighted by Gasteiger charge is 2.36. The maximum atomic E-state index is 14.2. The molecule has 2 heterocycles. The molecule has 240 valence electrons. The van der Waals surface area contributed by atoms with Crippen molar-refractivity contribution in [2.45, 2.75) is 39.3 Å². The van der Waals surface area contributed by atoms with Crippen LogP contribution in [0.1, 0.15) is 49.4 Å². The topological polar surface area (TPSA) is 88.4 Å². The van der Waals surface area contributed by atoms with Gasteiger partial charge in [0.25, 0.3) is 5.56 Å². The molecule has 0 spiro atoms. The van der Waals surface area contributed by atoms with Crippen LogP contribution in [0.25, 0.3) is 6.08 Å². The maximum Gasteiger partial charge on any atom is 0.338 e. The number of ether oxygens (including phenoxy) is 4. The smallest absolute Gasteiger partial charge is 0.338 e. The van der Waals surface area contributed by atoms with Gasteiger partial charge in [0.05, 0.1) is 36.6 Å². The molecule has 5 rings (SSSR count). The van der Waals surface area contributed by atoms with Gasteiger partial charge in [0, 0.05) is 25.6 Å². The third-order valence-corrected chi connectivity index (χ3v) is 9.33. The van der Waals surface area contributed by atoms with Gasteiger partial charge in [-0.25, -0.2) is 9.79 Å². The van der Waals surface area contributed by atoms with E-state index in [0.29, 0.717) is 65.4 Å². The monoisotopic (exact) mass is 744 g/mol. The van der Waals surface area contributed by atoms with E-state index in [4.69, 9.17) is 47.1 Å². The molecule has 0 amide bonds. The van der Waals surface area contributed by atoms with Crippen molar-refractivity contribution < 1.29 is 23.7 Å². The zero-order chi connectivity index (χ0) is 33.0. The number of esters is 1. The van der Waals surface area contributed by atoms with Gasteiger partial charge in [0.1, 0.15) is 18.4 Å². The molecule has 0 aliphatic carbocycles. The van der Waals surface area contributed by atoms with Crippen molar-refractivity contribution in [1.29, 1.82) is 0 Å². The van der Waals surface area contributed by atoms with Gasteiger partial charge in [0.15, 0.2) is 16.3 Å². The first-order valence-corrected chi connectivity index (χ1v) is 16.9. The van der Waals surface area contributed by atoms with Crippen LogP contribution in [0.15, 0.2) is 80.1 Å². The molecule has 0 saturated heterocycles. The molecule has 0 bridgehead atoms. The Balaban J connectivity index is 1.61. The number of carbonyl (C=O) groups excluding carboxylic acids is 1. The Labute approximate surface area is 288 Å². The fourth-order valence-corrected chi connectivity index (χ4v) is 7.03. The van der Waals surface area contributed by atoms with E-state index in [2.05, 4.69) is 15.9 Å². The van der Waals surface area contributed by atoms with Crippen LogP contribution in [0.3, 0.4) is 0 Å². The number of hydrogen-bond acceptors (Lipinski definition) is 8. The number of fused-ring (bicyclic) bond motifs is 1. The van der Waals surface area contributed by atoms with Crippen molar-refractivity contribution in [3.8, 4) is 17.2 Å². The molecule has 0 unspecified atom stereocenters. The highest BCUT2D eigenvalue weighted by atomic mass is 79.9. The Morgan fingerprint density at radius 1 is 1.02 bits per heavy atom. The Morgan fingerprint density at radius 3 is 2.48 bits per heavy atom. The number of allylic oxidation sites excluding steroid dienone is 1. The standard InChI is InChI=1S/C34H31BrCl2N2O6S/c1-5-7-25-30(33(41)44-6-2)31(23-16-21(35)10-13-26(23)42-3)39-32(40)29(46-34(39)38-25)15-19-8-12-27(28(14-19)43-4)45-18-20-9-11-22(36)17-24(20)37/h8-17,31H,5-7,18H2,1-4H3/b29-15+/t31-/m0/s1. The molecule has 3 aromatic carbocycles. The van der Waals surface area contributed by atoms with Gasteiger partial charge in [0.2, 0.25) is 0 Å². The normalized spacial score (nSPS) is 14.5. The zero-order valence-corrected chi connectivity index (χ0v) is 29.5. The Morgan fingerprint density at radius 2 is 1.78 bits per heavy atom. The lowest BCUT2D eigenvalue weighted by molar-refractivity contribution is -0.139. The van der Waals surface area contributed by atoms with E-state index in [9.17, 15) is 9.59 Å². The summed E-state index contributed by atoms with van der Waals surface area (Å²) in [5.41, 5.74) is 2.74. The molecule has 46 heavy (non-hydrogen) atoms. The number of thiazole rings is 1. The minimum Gasteiger partial charge on any atom is -0.496 e. The van der Waals surface area contributed by atoms with E-state index in [1.807, 2.05) is 31.2 Å². The summed E-state index contributed by atoms with van der Waals surface area (Å²) >= 11 is 17.1. The second-order valence-electron chi connectivity index (χ2n) is 10.2. The van der Waals surface area contributed by atoms with Crippen molar-refractivity contribution in [1.82, 2.24) is 4.57 Å². The van der Waals surface area contributed by atoms with E-state index < -0.39 is 12.0 Å². The lowest BCUT2D eigenvalue weighted by Crippen LogP contribution is -2.40. The average molecular weight is 747 g/mol. The molecule has 4 aromatic rings. The molecule has 0 N–H and O–H groups in total. The van der Waals surface area contributed by atoms with Crippen LogP contribution in [0, 0.1) is 0 Å². The number of rotatable bonds is 11. The first-order valence-electron chi connectivity index (χ1n) is 14.5. The highest BCUT2D eigenvalue weighted by molar-refractivity contribution is 9.10. The number of methoxy groups -OCH3 is 2. The van der Waals surface area contributed by atoms with Gasteiger partial charge in [-0.2, -0.15) is 0 Å². The van der Waals surface area contributed by atoms with Crippen LogP contribution in [0.2, 0.25) is 10.0 Å². The van der Waals surface area contributed by atoms with Gasteiger partial charge < -0.3 is 18.9 Å². The minimum atomic E-state index is -0.809. The molecular weight excluding hydrogens is 715 g/mol. The molecule has 0 radical (unpaired) electrons. The number of carbonyl (C=O) groups is 1. The van der Waals surface area contributed by atoms with Crippen molar-refractivity contribution in [2.75, 3.05) is 20.8 Å². The van der Waals surface area contributed by atoms with E-state index in [1.54, 1.807) is 62.1 Å². The predicted molar refractivity (Wildman–Crippen MR) is 184 cm³/mol. The number of nitrogens with zero attached hydrogens (tertiary/aromatic N) is 2. The minimum absolute atomic E-state index is 0.183. The quantitative estimate of drug-likeness (QED) is 0.151. The van der Waals surface area contributed by atoms with Gasteiger partial charge in [-0.1, -0.05) is 75.9 Å². The van der Waals surface area contributed by atoms with Crippen LogP contribution in [-0.2, 0) is 16.1 Å². The average Bonchev–Trinajstić information content (AvgIpc) is 3.34. The SMILES string of the molecule is CCCC1=C(C(=O)OCC)[C@H](c2cc(Br)ccc2OC)n2c(s/c(=C/c3ccc(OCc4ccc(Cl)cc4Cl)c(OC)c3)c2=O)=N1. The van der Waals surface area contributed by atoms with E-state index in [0.717, 1.165) is 16.5 Å². The Kier molecular flexibility index (Phi) is 10.9. The fraction of sp³-hybridized carbons (Fsp3) is 0.265. The van der Waals surface area contributed by atoms with Crippen molar-refractivity contribution >= 4 is 62.5 Å². The van der Waals surface area contributed by atoms with Gasteiger partial charge in [-0.05, 0) is 67.4 Å². The number of benzene rings is 3. The highest BCUT2D eigenvalue weighted by Crippen LogP contribution is 2.38. The van der Waals surface area contributed by atoms with Gasteiger partial charge in [-0.3, -0.25) is 9.36 Å². The van der Waals surface area contributed by atoms with Crippen LogP contribution in [0.4, 0.5) is 0 Å². The summed E-state index contributed by atoms with van der Waals surface area (Å²) in [7, 11) is 3.11. The second-order valence-corrected chi connectivity index (χ2v) is 13.0. The number of halogens is 3. The van der Waals surface area contributed by atoms with Crippen molar-refractivity contribution in [3.05, 3.63) is 117 Å². The zero-order valence-electron chi connectivity index (χ0n) is 25.6. The lowest BCUT2D eigenvalue weighted by Gasteiger charge is -2.27. The fourth-order valence-electron chi connectivity index (χ4n) is 5.17. The van der Waals surface area contributed by atoms with Crippen molar-refractivity contribution in [2.24, 2.45) is 4.99 Å². The third kappa shape index (κ3) is 7.05. The summed E-state index contributed by atoms with van der Waals surface area (Å²) in [6, 6.07) is 15.3. The molecule has 1 aliphatic heterocycles. The molecular formula is C34H31BrCl2N2O6S. The Hall–Kier alpha value is -3.57. The molecule has 0 fully saturated rings. The summed E-state index contributed by atoms with van der Waals surface area (Å²) in [5, 5.41) is 1.05. The molecule has 1 aromatic heterocycles. The molecule has 12 heteroatoms. The molecule has 1 aliphatic rings. The van der Waals surface area contributed by atoms with Gasteiger partial charge in [-0.15, -0.1) is 0 Å². The lowest BCUT2D eigenvalue weighted by atomic mass is 9.93. The van der Waals surface area contributed by atoms with E-state index in [-0.39, 0.29) is 18.8 Å². The predicted octanol–water partition coefficient (Wildman–Crippen LogP) is 7.24. The summed E-state index contributed by atoms with van der Waals surface area (Å²) < 4.78 is 25.6. The summed E-state index contributed by atoms with van der Waals surface area (Å²) in [6.07, 6.45) is 3.05. The first kappa shape index (κ1) is 33.8. The summed E-state index contributed by atoms with van der Waals surface area (Å²) in [4.78, 5) is 33.0. The van der Waals surface area contributed by atoms with Crippen LogP contribution >= 0.6 is 50.5 Å². The number of hydrogen-bond donors (Lipinski definition) is 0. The Bertz CT molecular complexity index is 2010. The van der Waals surface area contributed by atoms with Gasteiger partial charge >= 0.3 is 5.97 Å². The molecule has 1 atom stereocenters. The van der Waals surface area contributed by atoms with Crippen molar-refractivity contribution in [3.63, 3.8) is 0 Å². The summed E-state index contributed by atoms with van der Waals surface area (Å²) in [6.45, 7) is 4.16. The van der Waals surface area contributed by atoms with Crippen LogP contribution < -0.4 is 29.1 Å². The largest absolute Gasteiger partial charge is 0.496 e. The second kappa shape index (κ2) is 14.9. The maximum absolute atomic E-state index is 14.2. The molecule has 0 saturated carbocycles. The molecule has 8 nitrogen and oxygen atoms in total. The number of aromatic nitrogens is 1. The van der Waals surface area contributed by atoms with E-state index in [1.165, 1.54) is 11.3 Å². The summed E-state index contributed by atoms with van der Waals surface area (Å²) in [5.74, 6) is 1.01. The van der Waals surface area contributed by atoms with Crippen LogP contribution in [0.5, 0.6) is 17.2 Å². The van der Waals surface area contributed by atoms with Crippen LogP contribution in [-0.4, -0.2) is 31.4 Å². The van der Waals surface area contributed by atoms with E-state index >= 15 is 0 Å².